The SMILES string of the molecule is CCCn1cc(CNCc2cccnc2N2CCCN(C)CC2)c(C)n1. The summed E-state index contributed by atoms with van der Waals surface area (Å²) in [6.45, 7) is 11.3. The zero-order valence-corrected chi connectivity index (χ0v) is 16.4. The van der Waals surface area contributed by atoms with Gasteiger partial charge in [0.05, 0.1) is 5.69 Å². The summed E-state index contributed by atoms with van der Waals surface area (Å²) < 4.78 is 2.05. The highest BCUT2D eigenvalue weighted by Crippen LogP contribution is 2.19. The number of aryl methyl sites for hydroxylation is 2. The maximum absolute atomic E-state index is 4.69. The summed E-state index contributed by atoms with van der Waals surface area (Å²) >= 11 is 0. The number of hydrogen-bond donors (Lipinski definition) is 1. The summed E-state index contributed by atoms with van der Waals surface area (Å²) in [7, 11) is 2.20. The Balaban J connectivity index is 1.61. The van der Waals surface area contributed by atoms with Crippen molar-refractivity contribution in [2.45, 2.75) is 46.3 Å². The van der Waals surface area contributed by atoms with Crippen molar-refractivity contribution >= 4 is 5.82 Å². The number of rotatable bonds is 7. The molecular weight excluding hydrogens is 324 g/mol. The number of anilines is 1. The Bertz CT molecular complexity index is 695. The number of hydrogen-bond acceptors (Lipinski definition) is 5. The minimum Gasteiger partial charge on any atom is -0.355 e. The molecule has 0 amide bonds. The highest BCUT2D eigenvalue weighted by molar-refractivity contribution is 5.47. The molecule has 0 saturated carbocycles. The third-order valence-electron chi connectivity index (χ3n) is 5.02. The molecule has 0 aromatic carbocycles. The zero-order valence-electron chi connectivity index (χ0n) is 16.4. The van der Waals surface area contributed by atoms with Crippen molar-refractivity contribution in [1.29, 1.82) is 0 Å². The average molecular weight is 357 g/mol. The molecule has 0 aliphatic carbocycles. The topological polar surface area (TPSA) is 49.2 Å². The second-order valence-electron chi connectivity index (χ2n) is 7.24. The van der Waals surface area contributed by atoms with Gasteiger partial charge in [0.15, 0.2) is 0 Å². The zero-order chi connectivity index (χ0) is 18.4. The van der Waals surface area contributed by atoms with E-state index in [-0.39, 0.29) is 0 Å². The first-order valence-electron chi connectivity index (χ1n) is 9.78. The van der Waals surface area contributed by atoms with Crippen LogP contribution in [0.4, 0.5) is 5.82 Å². The smallest absolute Gasteiger partial charge is 0.133 e. The van der Waals surface area contributed by atoms with Gasteiger partial charge in [-0.05, 0) is 39.4 Å². The van der Waals surface area contributed by atoms with E-state index in [1.807, 2.05) is 12.3 Å². The Kier molecular flexibility index (Phi) is 6.63. The van der Waals surface area contributed by atoms with E-state index in [9.17, 15) is 0 Å². The quantitative estimate of drug-likeness (QED) is 0.826. The number of aromatic nitrogens is 3. The molecule has 2 aromatic rings. The van der Waals surface area contributed by atoms with Crippen LogP contribution in [0.3, 0.4) is 0 Å². The molecule has 2 aromatic heterocycles. The van der Waals surface area contributed by atoms with Crippen LogP contribution in [0.2, 0.25) is 0 Å². The molecule has 6 heteroatoms. The first-order valence-corrected chi connectivity index (χ1v) is 9.78. The Morgan fingerprint density at radius 1 is 1.12 bits per heavy atom. The maximum atomic E-state index is 4.69. The van der Waals surface area contributed by atoms with Gasteiger partial charge in [0, 0.05) is 62.8 Å². The number of likely N-dealkylation sites (N-methyl/N-ethyl adjacent to an activating group) is 1. The predicted molar refractivity (Wildman–Crippen MR) is 106 cm³/mol. The summed E-state index contributed by atoms with van der Waals surface area (Å²) in [6.07, 6.45) is 6.38. The van der Waals surface area contributed by atoms with E-state index in [1.165, 1.54) is 17.5 Å². The second kappa shape index (κ2) is 9.14. The van der Waals surface area contributed by atoms with Crippen LogP contribution in [0.25, 0.3) is 0 Å². The van der Waals surface area contributed by atoms with Crippen LogP contribution in [-0.4, -0.2) is 52.9 Å². The third-order valence-corrected chi connectivity index (χ3v) is 5.02. The predicted octanol–water partition coefficient (Wildman–Crippen LogP) is 2.43. The third kappa shape index (κ3) is 4.83. The molecule has 1 fully saturated rings. The van der Waals surface area contributed by atoms with E-state index in [4.69, 9.17) is 4.98 Å². The molecule has 1 saturated heterocycles. The van der Waals surface area contributed by atoms with Crippen LogP contribution >= 0.6 is 0 Å². The molecule has 0 spiro atoms. The van der Waals surface area contributed by atoms with Crippen LogP contribution in [0.1, 0.15) is 36.6 Å². The maximum Gasteiger partial charge on any atom is 0.133 e. The molecule has 142 valence electrons. The summed E-state index contributed by atoms with van der Waals surface area (Å²) in [5, 5.41) is 8.17. The van der Waals surface area contributed by atoms with Crippen molar-refractivity contribution < 1.29 is 0 Å². The van der Waals surface area contributed by atoms with E-state index in [0.29, 0.717) is 0 Å². The summed E-state index contributed by atoms with van der Waals surface area (Å²) in [5.74, 6) is 1.13. The summed E-state index contributed by atoms with van der Waals surface area (Å²) in [4.78, 5) is 9.53. The van der Waals surface area contributed by atoms with Crippen LogP contribution in [0, 0.1) is 6.92 Å². The lowest BCUT2D eigenvalue weighted by molar-refractivity contribution is 0.360. The second-order valence-corrected chi connectivity index (χ2v) is 7.24. The highest BCUT2D eigenvalue weighted by Gasteiger charge is 2.16. The fourth-order valence-corrected chi connectivity index (χ4v) is 3.52. The molecule has 0 bridgehead atoms. The van der Waals surface area contributed by atoms with Gasteiger partial charge >= 0.3 is 0 Å². The van der Waals surface area contributed by atoms with Crippen LogP contribution < -0.4 is 10.2 Å². The lowest BCUT2D eigenvalue weighted by Gasteiger charge is -2.24. The normalized spacial score (nSPS) is 16.0. The summed E-state index contributed by atoms with van der Waals surface area (Å²) in [5.41, 5.74) is 3.67. The van der Waals surface area contributed by atoms with Crippen molar-refractivity contribution in [2.75, 3.05) is 38.1 Å². The van der Waals surface area contributed by atoms with Crippen LogP contribution in [0.15, 0.2) is 24.5 Å². The molecule has 0 unspecified atom stereocenters. The minimum absolute atomic E-state index is 0.827. The highest BCUT2D eigenvalue weighted by atomic mass is 15.3. The van der Waals surface area contributed by atoms with E-state index in [2.05, 4.69) is 58.1 Å². The molecule has 1 aliphatic heterocycles. The number of nitrogens with one attached hydrogen (secondary N) is 1. The van der Waals surface area contributed by atoms with E-state index in [0.717, 1.165) is 63.7 Å². The van der Waals surface area contributed by atoms with Gasteiger partial charge in [0.1, 0.15) is 5.82 Å². The Hall–Kier alpha value is -1.92. The van der Waals surface area contributed by atoms with Gasteiger partial charge in [-0.3, -0.25) is 4.68 Å². The van der Waals surface area contributed by atoms with Crippen molar-refractivity contribution in [1.82, 2.24) is 25.0 Å². The number of pyridine rings is 1. The van der Waals surface area contributed by atoms with Crippen LogP contribution in [0.5, 0.6) is 0 Å². The van der Waals surface area contributed by atoms with E-state index >= 15 is 0 Å². The van der Waals surface area contributed by atoms with Crippen molar-refractivity contribution in [3.63, 3.8) is 0 Å². The van der Waals surface area contributed by atoms with Crippen molar-refractivity contribution in [3.05, 3.63) is 41.3 Å². The lowest BCUT2D eigenvalue weighted by atomic mass is 10.2. The molecule has 26 heavy (non-hydrogen) atoms. The van der Waals surface area contributed by atoms with E-state index < -0.39 is 0 Å². The largest absolute Gasteiger partial charge is 0.355 e. The monoisotopic (exact) mass is 356 g/mol. The van der Waals surface area contributed by atoms with Crippen molar-refractivity contribution in [2.24, 2.45) is 0 Å². The minimum atomic E-state index is 0.827. The van der Waals surface area contributed by atoms with Gasteiger partial charge in [-0.15, -0.1) is 0 Å². The fraction of sp³-hybridized carbons (Fsp3) is 0.600. The van der Waals surface area contributed by atoms with Crippen LogP contribution in [-0.2, 0) is 19.6 Å². The first-order chi connectivity index (χ1) is 12.7. The van der Waals surface area contributed by atoms with Gasteiger partial charge in [-0.1, -0.05) is 13.0 Å². The Morgan fingerprint density at radius 2 is 1.96 bits per heavy atom. The number of nitrogens with zero attached hydrogens (tertiary/aromatic N) is 5. The standard InChI is InChI=1S/C20H32N6/c1-4-9-26-16-19(17(2)23-26)15-21-14-18-7-5-8-22-20(18)25-11-6-10-24(3)12-13-25/h5,7-8,16,21H,4,6,9-15H2,1-3H3. The molecule has 3 rings (SSSR count). The molecule has 1 N–H and O–H groups in total. The Morgan fingerprint density at radius 3 is 2.81 bits per heavy atom. The average Bonchev–Trinajstić information content (AvgIpc) is 2.84. The van der Waals surface area contributed by atoms with Gasteiger partial charge in [0.25, 0.3) is 0 Å². The van der Waals surface area contributed by atoms with Gasteiger partial charge in [-0.25, -0.2) is 4.98 Å². The van der Waals surface area contributed by atoms with Gasteiger partial charge in [-0.2, -0.15) is 5.10 Å². The summed E-state index contributed by atoms with van der Waals surface area (Å²) in [6, 6.07) is 4.23. The lowest BCUT2D eigenvalue weighted by Crippen LogP contribution is -2.30. The molecular formula is C20H32N6. The van der Waals surface area contributed by atoms with Gasteiger partial charge < -0.3 is 15.1 Å². The molecule has 0 radical (unpaired) electrons. The molecule has 3 heterocycles. The molecule has 0 atom stereocenters. The fourth-order valence-electron chi connectivity index (χ4n) is 3.52. The first kappa shape index (κ1) is 18.9. The molecule has 6 nitrogen and oxygen atoms in total. The Labute approximate surface area is 157 Å². The van der Waals surface area contributed by atoms with E-state index in [1.54, 1.807) is 0 Å². The van der Waals surface area contributed by atoms with Gasteiger partial charge in [0.2, 0.25) is 0 Å². The molecule has 1 aliphatic rings. The van der Waals surface area contributed by atoms with Crippen molar-refractivity contribution in [3.8, 4) is 0 Å².